The van der Waals surface area contributed by atoms with Crippen molar-refractivity contribution in [3.63, 3.8) is 0 Å². The Hall–Kier alpha value is -2.68. The molecule has 2 amide bonds. The van der Waals surface area contributed by atoms with E-state index in [-0.39, 0.29) is 37.0 Å². The quantitative estimate of drug-likeness (QED) is 0.177. The molecule has 0 aromatic carbocycles. The van der Waals surface area contributed by atoms with Crippen molar-refractivity contribution >= 4 is 40.7 Å². The largest absolute Gasteiger partial charge is 0.457 e. The van der Waals surface area contributed by atoms with Gasteiger partial charge in [0.05, 0.1) is 30.9 Å². The van der Waals surface area contributed by atoms with E-state index in [2.05, 4.69) is 25.6 Å². The Balaban J connectivity index is 1.09. The number of ether oxygens (including phenoxy) is 2. The Kier molecular flexibility index (Phi) is 5.51. The molecular weight excluding hydrogens is 478 g/mol. The molecule has 3 unspecified atom stereocenters. The standard InChI is InChI=1S/C21H27N7O6S/c22-17-15-18(24-7-23-17)28(8-25-15)19-16(13-9(5-29)21(13,32)34-19)33-12(30)4-2-1-3-11-14-10(6-35-11)26-20(31)27-14/h7-11,13-14,16,19,29,32H,1-6H2,(H2,22,23,24)(H2,26,27,31)/t9-,10+,11+,13?,14+,16?,19-,21?/m1/s1. The molecular formula is C21H27N7O6S. The van der Waals surface area contributed by atoms with Crippen LogP contribution in [0.3, 0.4) is 0 Å². The molecule has 1 aliphatic carbocycles. The molecule has 6 rings (SSSR count). The van der Waals surface area contributed by atoms with E-state index in [0.29, 0.717) is 22.8 Å². The summed E-state index contributed by atoms with van der Waals surface area (Å²) in [6.07, 6.45) is 3.67. The van der Waals surface area contributed by atoms with Gasteiger partial charge in [-0.25, -0.2) is 19.7 Å². The molecule has 14 heteroatoms. The van der Waals surface area contributed by atoms with Crippen molar-refractivity contribution < 1.29 is 29.3 Å². The van der Waals surface area contributed by atoms with E-state index in [9.17, 15) is 19.8 Å². The molecule has 13 nitrogen and oxygen atoms in total. The molecule has 3 saturated heterocycles. The Bertz CT molecular complexity index is 1160. The normalized spacial score (nSPS) is 37.1. The molecule has 0 bridgehead atoms. The first-order chi connectivity index (χ1) is 16.9. The molecule has 8 atom stereocenters. The summed E-state index contributed by atoms with van der Waals surface area (Å²) in [7, 11) is 0. The van der Waals surface area contributed by atoms with Crippen molar-refractivity contribution in [2.75, 3.05) is 18.1 Å². The molecule has 2 aromatic heterocycles. The minimum atomic E-state index is -1.57. The van der Waals surface area contributed by atoms with Crippen LogP contribution >= 0.6 is 11.8 Å². The maximum atomic E-state index is 12.8. The van der Waals surface area contributed by atoms with Gasteiger partial charge >= 0.3 is 12.0 Å². The molecule has 5 heterocycles. The predicted molar refractivity (Wildman–Crippen MR) is 123 cm³/mol. The number of hydrogen-bond donors (Lipinski definition) is 5. The van der Waals surface area contributed by atoms with Crippen LogP contribution in [-0.2, 0) is 14.3 Å². The topological polar surface area (TPSA) is 187 Å². The number of aliphatic hydroxyl groups is 2. The number of amides is 2. The van der Waals surface area contributed by atoms with Crippen molar-refractivity contribution in [2.24, 2.45) is 11.8 Å². The van der Waals surface area contributed by atoms with Crippen molar-refractivity contribution in [1.82, 2.24) is 30.2 Å². The summed E-state index contributed by atoms with van der Waals surface area (Å²) >= 11 is 1.84. The van der Waals surface area contributed by atoms with E-state index in [4.69, 9.17) is 15.2 Å². The Morgan fingerprint density at radius 2 is 2.20 bits per heavy atom. The molecule has 2 aromatic rings. The number of fused-ring (bicyclic) bond motifs is 3. The number of aromatic nitrogens is 4. The first-order valence-electron chi connectivity index (χ1n) is 11.7. The van der Waals surface area contributed by atoms with E-state index < -0.39 is 35.9 Å². The van der Waals surface area contributed by atoms with Gasteiger partial charge in [0, 0.05) is 23.3 Å². The number of esters is 1. The van der Waals surface area contributed by atoms with Gasteiger partial charge in [0.1, 0.15) is 11.8 Å². The zero-order chi connectivity index (χ0) is 24.3. The fourth-order valence-corrected chi connectivity index (χ4v) is 7.17. The van der Waals surface area contributed by atoms with Gasteiger partial charge in [0.15, 0.2) is 29.6 Å². The number of thioether (sulfide) groups is 1. The zero-order valence-electron chi connectivity index (χ0n) is 18.7. The number of anilines is 1. The van der Waals surface area contributed by atoms with Gasteiger partial charge in [-0.1, -0.05) is 6.42 Å². The fourth-order valence-electron chi connectivity index (χ4n) is 5.63. The number of unbranched alkanes of at least 4 members (excludes halogenated alkanes) is 1. The molecule has 1 saturated carbocycles. The number of carbonyl (C=O) groups excluding carboxylic acids is 2. The fraction of sp³-hybridized carbons (Fsp3) is 0.667. The summed E-state index contributed by atoms with van der Waals surface area (Å²) in [5.74, 6) is -1.96. The number of aliphatic hydroxyl groups excluding tert-OH is 1. The number of nitrogens with two attached hydrogens (primary N) is 1. The summed E-state index contributed by atoms with van der Waals surface area (Å²) in [5.41, 5.74) is 6.66. The van der Waals surface area contributed by atoms with Gasteiger partial charge in [-0.3, -0.25) is 9.36 Å². The number of nitrogen functional groups attached to an aromatic ring is 1. The second-order valence-electron chi connectivity index (χ2n) is 9.48. The maximum Gasteiger partial charge on any atom is 0.315 e. The average molecular weight is 506 g/mol. The van der Waals surface area contributed by atoms with Crippen LogP contribution in [0, 0.1) is 11.8 Å². The first-order valence-corrected chi connectivity index (χ1v) is 12.8. The molecule has 4 aliphatic rings. The molecule has 0 spiro atoms. The van der Waals surface area contributed by atoms with Crippen molar-refractivity contribution in [2.45, 2.75) is 61.1 Å². The molecule has 6 N–H and O–H groups in total. The van der Waals surface area contributed by atoms with Gasteiger partial charge in [0.25, 0.3) is 0 Å². The number of nitrogens with zero attached hydrogens (tertiary/aromatic N) is 4. The third-order valence-electron chi connectivity index (χ3n) is 7.46. The molecule has 4 fully saturated rings. The Labute approximate surface area is 204 Å². The summed E-state index contributed by atoms with van der Waals surface area (Å²) in [6, 6.07) is 0.211. The van der Waals surface area contributed by atoms with Gasteiger partial charge in [-0.15, -0.1) is 0 Å². The molecule has 188 valence electrons. The van der Waals surface area contributed by atoms with Gasteiger partial charge in [0.2, 0.25) is 0 Å². The highest BCUT2D eigenvalue weighted by molar-refractivity contribution is 8.00. The maximum absolute atomic E-state index is 12.8. The van der Waals surface area contributed by atoms with Crippen LogP contribution in [-0.4, -0.2) is 83.3 Å². The summed E-state index contributed by atoms with van der Waals surface area (Å²) < 4.78 is 13.2. The molecule has 35 heavy (non-hydrogen) atoms. The molecule has 3 aliphatic heterocycles. The number of urea groups is 1. The van der Waals surface area contributed by atoms with Crippen molar-refractivity contribution in [3.8, 4) is 0 Å². The average Bonchev–Trinajstić information content (AvgIpc) is 3.32. The second-order valence-corrected chi connectivity index (χ2v) is 10.8. The summed E-state index contributed by atoms with van der Waals surface area (Å²) in [4.78, 5) is 36.7. The Morgan fingerprint density at radius 1 is 1.34 bits per heavy atom. The van der Waals surface area contributed by atoms with Crippen LogP contribution in [0.4, 0.5) is 10.6 Å². The SMILES string of the molecule is Nc1ncnc2c1ncn2[C@@H]1OC2(O)C(C1OC(=O)CCCC[C@@H]1SC[C@@H]3NC(=O)N[C@@H]31)[C@H]2CO. The van der Waals surface area contributed by atoms with E-state index in [1.54, 1.807) is 4.57 Å². The smallest absolute Gasteiger partial charge is 0.315 e. The number of rotatable bonds is 8. The number of carbonyl (C=O) groups is 2. The lowest BCUT2D eigenvalue weighted by molar-refractivity contribution is -0.190. The van der Waals surface area contributed by atoms with Crippen LogP contribution in [0.5, 0.6) is 0 Å². The lowest BCUT2D eigenvalue weighted by Gasteiger charge is -2.25. The lowest BCUT2D eigenvalue weighted by atomic mass is 10.0. The third-order valence-corrected chi connectivity index (χ3v) is 8.97. The lowest BCUT2D eigenvalue weighted by Crippen LogP contribution is -2.36. The third kappa shape index (κ3) is 3.70. The second kappa shape index (κ2) is 8.47. The highest BCUT2D eigenvalue weighted by atomic mass is 32.2. The van der Waals surface area contributed by atoms with Crippen LogP contribution in [0.15, 0.2) is 12.7 Å². The number of nitrogens with one attached hydrogen (secondary N) is 2. The van der Waals surface area contributed by atoms with Crippen LogP contribution in [0.1, 0.15) is 31.9 Å². The highest BCUT2D eigenvalue weighted by Gasteiger charge is 2.77. The van der Waals surface area contributed by atoms with Crippen LogP contribution in [0.25, 0.3) is 11.2 Å². The predicted octanol–water partition coefficient (Wildman–Crippen LogP) is -0.498. The Morgan fingerprint density at radius 3 is 3.03 bits per heavy atom. The summed E-state index contributed by atoms with van der Waals surface area (Å²) in [5, 5.41) is 26.7. The van der Waals surface area contributed by atoms with Gasteiger partial charge in [-0.2, -0.15) is 11.8 Å². The van der Waals surface area contributed by atoms with Crippen LogP contribution < -0.4 is 16.4 Å². The highest BCUT2D eigenvalue weighted by Crippen LogP contribution is 2.63. The number of imidazole rings is 1. The van der Waals surface area contributed by atoms with Crippen molar-refractivity contribution in [3.05, 3.63) is 12.7 Å². The van der Waals surface area contributed by atoms with E-state index in [1.165, 1.54) is 12.7 Å². The minimum absolute atomic E-state index is 0.108. The van der Waals surface area contributed by atoms with E-state index in [1.807, 2.05) is 11.8 Å². The van der Waals surface area contributed by atoms with E-state index in [0.717, 1.165) is 18.6 Å². The van der Waals surface area contributed by atoms with E-state index >= 15 is 0 Å². The van der Waals surface area contributed by atoms with Crippen molar-refractivity contribution in [1.29, 1.82) is 0 Å². The zero-order valence-corrected chi connectivity index (χ0v) is 19.6. The number of hydrogen-bond acceptors (Lipinski definition) is 11. The first kappa shape index (κ1) is 22.8. The van der Waals surface area contributed by atoms with Gasteiger partial charge < -0.3 is 36.1 Å². The van der Waals surface area contributed by atoms with Crippen LogP contribution in [0.2, 0.25) is 0 Å². The molecule has 0 radical (unpaired) electrons. The van der Waals surface area contributed by atoms with Gasteiger partial charge in [-0.05, 0) is 12.8 Å². The monoisotopic (exact) mass is 505 g/mol. The summed E-state index contributed by atoms with van der Waals surface area (Å²) in [6.45, 7) is -0.283. The minimum Gasteiger partial charge on any atom is -0.457 e.